The summed E-state index contributed by atoms with van der Waals surface area (Å²) in [5.41, 5.74) is 0.904. The van der Waals surface area contributed by atoms with Crippen LogP contribution in [0.4, 0.5) is 17.5 Å². The van der Waals surface area contributed by atoms with Gasteiger partial charge in [0.1, 0.15) is 5.76 Å². The Balaban J connectivity index is 1.74. The van der Waals surface area contributed by atoms with Crippen LogP contribution in [0.15, 0.2) is 35.1 Å². The summed E-state index contributed by atoms with van der Waals surface area (Å²) in [6, 6.07) is 5.05. The van der Waals surface area contributed by atoms with Crippen LogP contribution in [0.3, 0.4) is 0 Å². The van der Waals surface area contributed by atoms with Gasteiger partial charge in [-0.1, -0.05) is 5.16 Å². The molecular formula is C18H19N5O5. The van der Waals surface area contributed by atoms with Crippen molar-refractivity contribution in [1.82, 2.24) is 15.1 Å². The van der Waals surface area contributed by atoms with Crippen molar-refractivity contribution in [3.63, 3.8) is 0 Å². The highest BCUT2D eigenvalue weighted by Gasteiger charge is 2.14. The summed E-state index contributed by atoms with van der Waals surface area (Å²) in [7, 11) is 4.59. The third-order valence-electron chi connectivity index (χ3n) is 3.70. The van der Waals surface area contributed by atoms with E-state index < -0.39 is 5.91 Å². The van der Waals surface area contributed by atoms with Gasteiger partial charge < -0.3 is 29.4 Å². The number of hydrogen-bond donors (Lipinski definition) is 2. The molecule has 2 heterocycles. The Morgan fingerprint density at radius 2 is 1.64 bits per heavy atom. The molecule has 0 bridgehead atoms. The van der Waals surface area contributed by atoms with Crippen molar-refractivity contribution in [1.29, 1.82) is 0 Å². The number of ether oxygens (including phenoxy) is 3. The Morgan fingerprint density at radius 1 is 1.00 bits per heavy atom. The predicted octanol–water partition coefficient (Wildman–Crippen LogP) is 2.79. The Labute approximate surface area is 160 Å². The Bertz CT molecular complexity index is 946. The third kappa shape index (κ3) is 4.11. The number of amides is 1. The first-order chi connectivity index (χ1) is 13.5. The number of methoxy groups -OCH3 is 3. The van der Waals surface area contributed by atoms with Crippen molar-refractivity contribution in [2.45, 2.75) is 6.92 Å². The maximum Gasteiger partial charge on any atom is 0.260 e. The van der Waals surface area contributed by atoms with Gasteiger partial charge in [-0.05, 0) is 6.92 Å². The molecule has 10 nitrogen and oxygen atoms in total. The van der Waals surface area contributed by atoms with Crippen molar-refractivity contribution >= 4 is 23.4 Å². The molecule has 1 aromatic carbocycles. The molecule has 28 heavy (non-hydrogen) atoms. The lowest BCUT2D eigenvalue weighted by molar-refractivity contribution is 0.102. The standard InChI is InChI=1S/C18H19N5O5/c1-10-5-15(23-28-10)22-17(24)11-8-19-18(20-9-11)21-12-6-13(25-2)16(27-4)14(7-12)26-3/h5-9H,1-4H3,(H,19,20,21)(H,22,23,24). The number of rotatable bonds is 7. The van der Waals surface area contributed by atoms with E-state index in [1.807, 2.05) is 0 Å². The lowest BCUT2D eigenvalue weighted by atomic mass is 10.2. The number of benzene rings is 1. The zero-order chi connectivity index (χ0) is 20.1. The van der Waals surface area contributed by atoms with Crippen LogP contribution in [0, 0.1) is 6.92 Å². The highest BCUT2D eigenvalue weighted by atomic mass is 16.5. The summed E-state index contributed by atoms with van der Waals surface area (Å²) in [6.07, 6.45) is 2.80. The van der Waals surface area contributed by atoms with Gasteiger partial charge in [0, 0.05) is 36.3 Å². The SMILES string of the molecule is COc1cc(Nc2ncc(C(=O)Nc3cc(C)on3)cn2)cc(OC)c1OC. The Morgan fingerprint density at radius 3 is 2.14 bits per heavy atom. The largest absolute Gasteiger partial charge is 0.493 e. The van der Waals surface area contributed by atoms with E-state index in [9.17, 15) is 4.79 Å². The van der Waals surface area contributed by atoms with Crippen LogP contribution in [-0.2, 0) is 0 Å². The number of carbonyl (C=O) groups excluding carboxylic acids is 1. The van der Waals surface area contributed by atoms with Gasteiger partial charge in [-0.2, -0.15) is 0 Å². The van der Waals surface area contributed by atoms with Crippen LogP contribution < -0.4 is 24.8 Å². The monoisotopic (exact) mass is 385 g/mol. The van der Waals surface area contributed by atoms with Gasteiger partial charge in [-0.15, -0.1) is 0 Å². The average Bonchev–Trinajstić information content (AvgIpc) is 3.12. The second kappa shape index (κ2) is 8.25. The molecule has 0 spiro atoms. The number of carbonyl (C=O) groups is 1. The molecule has 1 amide bonds. The van der Waals surface area contributed by atoms with Crippen LogP contribution in [0.25, 0.3) is 0 Å². The van der Waals surface area contributed by atoms with E-state index in [0.29, 0.717) is 40.5 Å². The molecule has 0 aliphatic rings. The molecule has 0 fully saturated rings. The van der Waals surface area contributed by atoms with Crippen molar-refractivity contribution in [3.8, 4) is 17.2 Å². The molecule has 3 rings (SSSR count). The van der Waals surface area contributed by atoms with Gasteiger partial charge in [0.2, 0.25) is 11.7 Å². The minimum absolute atomic E-state index is 0.274. The molecule has 0 saturated carbocycles. The molecule has 10 heteroatoms. The van der Waals surface area contributed by atoms with Crippen LogP contribution in [0.5, 0.6) is 17.2 Å². The fourth-order valence-electron chi connectivity index (χ4n) is 2.41. The summed E-state index contributed by atoms with van der Waals surface area (Å²) in [6.45, 7) is 1.73. The van der Waals surface area contributed by atoms with E-state index in [1.165, 1.54) is 33.7 Å². The summed E-state index contributed by atoms with van der Waals surface area (Å²) in [4.78, 5) is 20.5. The van der Waals surface area contributed by atoms with Gasteiger partial charge >= 0.3 is 0 Å². The molecule has 0 aliphatic heterocycles. The minimum Gasteiger partial charge on any atom is -0.493 e. The fraction of sp³-hybridized carbons (Fsp3) is 0.222. The number of aryl methyl sites for hydroxylation is 1. The zero-order valence-electron chi connectivity index (χ0n) is 15.8. The van der Waals surface area contributed by atoms with Crippen LogP contribution in [0.2, 0.25) is 0 Å². The first kappa shape index (κ1) is 19.0. The first-order valence-electron chi connectivity index (χ1n) is 8.17. The molecule has 0 saturated heterocycles. The second-order valence-corrected chi connectivity index (χ2v) is 5.61. The number of hydrogen-bond acceptors (Lipinski definition) is 9. The fourth-order valence-corrected chi connectivity index (χ4v) is 2.41. The van der Waals surface area contributed by atoms with Crippen LogP contribution >= 0.6 is 0 Å². The third-order valence-corrected chi connectivity index (χ3v) is 3.70. The number of nitrogens with zero attached hydrogens (tertiary/aromatic N) is 3. The maximum atomic E-state index is 12.2. The van der Waals surface area contributed by atoms with E-state index in [4.69, 9.17) is 18.7 Å². The van der Waals surface area contributed by atoms with Crippen molar-refractivity contribution in [2.75, 3.05) is 32.0 Å². The summed E-state index contributed by atoms with van der Waals surface area (Å²) < 4.78 is 20.8. The number of aromatic nitrogens is 3. The van der Waals surface area contributed by atoms with E-state index in [0.717, 1.165) is 0 Å². The number of anilines is 3. The van der Waals surface area contributed by atoms with Crippen molar-refractivity contribution < 1.29 is 23.5 Å². The van der Waals surface area contributed by atoms with E-state index in [-0.39, 0.29) is 5.56 Å². The molecule has 0 radical (unpaired) electrons. The van der Waals surface area contributed by atoms with Gasteiger partial charge in [0.25, 0.3) is 5.91 Å². The van der Waals surface area contributed by atoms with Crippen LogP contribution in [0.1, 0.15) is 16.1 Å². The summed E-state index contributed by atoms with van der Waals surface area (Å²) in [5, 5.41) is 9.33. The van der Waals surface area contributed by atoms with E-state index in [1.54, 1.807) is 25.1 Å². The molecule has 2 aromatic heterocycles. The van der Waals surface area contributed by atoms with Gasteiger partial charge in [0.05, 0.1) is 26.9 Å². The Kier molecular flexibility index (Phi) is 5.58. The summed E-state index contributed by atoms with van der Waals surface area (Å²) >= 11 is 0. The highest BCUT2D eigenvalue weighted by molar-refractivity contribution is 6.03. The molecule has 146 valence electrons. The predicted molar refractivity (Wildman–Crippen MR) is 101 cm³/mol. The zero-order valence-corrected chi connectivity index (χ0v) is 15.8. The maximum absolute atomic E-state index is 12.2. The van der Waals surface area contributed by atoms with Crippen LogP contribution in [-0.4, -0.2) is 42.4 Å². The summed E-state index contributed by atoms with van der Waals surface area (Å²) in [5.74, 6) is 2.27. The minimum atomic E-state index is -0.396. The molecular weight excluding hydrogens is 366 g/mol. The number of nitrogens with one attached hydrogen (secondary N) is 2. The second-order valence-electron chi connectivity index (χ2n) is 5.61. The first-order valence-corrected chi connectivity index (χ1v) is 8.17. The molecule has 0 atom stereocenters. The lowest BCUT2D eigenvalue weighted by Gasteiger charge is -2.14. The average molecular weight is 385 g/mol. The highest BCUT2D eigenvalue weighted by Crippen LogP contribution is 2.40. The normalized spacial score (nSPS) is 10.3. The van der Waals surface area contributed by atoms with Crippen molar-refractivity contribution in [2.24, 2.45) is 0 Å². The van der Waals surface area contributed by atoms with Gasteiger partial charge in [-0.25, -0.2) is 9.97 Å². The van der Waals surface area contributed by atoms with E-state index >= 15 is 0 Å². The van der Waals surface area contributed by atoms with E-state index in [2.05, 4.69) is 25.8 Å². The smallest absolute Gasteiger partial charge is 0.260 e. The quantitative estimate of drug-likeness (QED) is 0.632. The molecule has 0 aliphatic carbocycles. The molecule has 0 unspecified atom stereocenters. The lowest BCUT2D eigenvalue weighted by Crippen LogP contribution is -2.13. The topological polar surface area (TPSA) is 121 Å². The van der Waals surface area contributed by atoms with Gasteiger partial charge in [0.15, 0.2) is 17.3 Å². The molecule has 3 aromatic rings. The van der Waals surface area contributed by atoms with Gasteiger partial charge in [-0.3, -0.25) is 4.79 Å². The molecule has 2 N–H and O–H groups in total. The Hall–Kier alpha value is -3.82. The van der Waals surface area contributed by atoms with Crippen molar-refractivity contribution in [3.05, 3.63) is 41.9 Å².